The van der Waals surface area contributed by atoms with Crippen LogP contribution in [0.5, 0.6) is 0 Å². The fraction of sp³-hybridized carbons (Fsp3) is 0.556. The minimum Gasteiger partial charge on any atom is -0.357 e. The normalized spacial score (nSPS) is 20.4. The summed E-state index contributed by atoms with van der Waals surface area (Å²) in [6.07, 6.45) is 4.71. The fourth-order valence-corrected chi connectivity index (χ4v) is 2.80. The second-order valence-electron chi connectivity index (χ2n) is 6.35. The maximum atomic E-state index is 12.9. The van der Waals surface area contributed by atoms with Crippen LogP contribution in [0.15, 0.2) is 29.3 Å². The van der Waals surface area contributed by atoms with Crippen LogP contribution in [-0.4, -0.2) is 31.0 Å². The van der Waals surface area contributed by atoms with Crippen LogP contribution in [0.4, 0.5) is 10.1 Å². The Hall–Kier alpha value is -1.38. The van der Waals surface area contributed by atoms with Crippen molar-refractivity contribution in [1.29, 1.82) is 0 Å². The van der Waals surface area contributed by atoms with Crippen LogP contribution in [0.25, 0.3) is 0 Å². The zero-order valence-corrected chi connectivity index (χ0v) is 17.2. The van der Waals surface area contributed by atoms with Gasteiger partial charge in [-0.05, 0) is 62.8 Å². The van der Waals surface area contributed by atoms with Gasteiger partial charge in [0.05, 0.1) is 0 Å². The van der Waals surface area contributed by atoms with Crippen molar-refractivity contribution >= 4 is 41.5 Å². The highest BCUT2D eigenvalue weighted by Crippen LogP contribution is 2.23. The van der Waals surface area contributed by atoms with Gasteiger partial charge in [-0.1, -0.05) is 6.92 Å². The van der Waals surface area contributed by atoms with Crippen molar-refractivity contribution in [3.05, 3.63) is 30.1 Å². The van der Waals surface area contributed by atoms with E-state index < -0.39 is 0 Å². The second kappa shape index (κ2) is 11.3. The predicted octanol–water partition coefficient (Wildman–Crippen LogP) is 3.52. The summed E-state index contributed by atoms with van der Waals surface area (Å²) in [6.45, 7) is 5.05. The number of rotatable bonds is 5. The third kappa shape index (κ3) is 8.02. The molecule has 1 amide bonds. The summed E-state index contributed by atoms with van der Waals surface area (Å²) in [4.78, 5) is 16.3. The van der Waals surface area contributed by atoms with Gasteiger partial charge in [0.1, 0.15) is 12.4 Å². The Morgan fingerprint density at radius 2 is 1.84 bits per heavy atom. The molecule has 1 saturated carbocycles. The molecule has 7 heteroatoms. The summed E-state index contributed by atoms with van der Waals surface area (Å²) in [5.41, 5.74) is 0.566. The molecule has 0 aliphatic heterocycles. The van der Waals surface area contributed by atoms with E-state index in [1.165, 1.54) is 37.1 Å². The van der Waals surface area contributed by atoms with Gasteiger partial charge in [0.25, 0.3) is 0 Å². The Bertz CT molecular complexity index is 557. The molecule has 25 heavy (non-hydrogen) atoms. The average molecular weight is 462 g/mol. The van der Waals surface area contributed by atoms with Gasteiger partial charge in [0.2, 0.25) is 5.91 Å². The molecule has 5 nitrogen and oxygen atoms in total. The molecule has 0 unspecified atom stereocenters. The summed E-state index contributed by atoms with van der Waals surface area (Å²) >= 11 is 0. The molecule has 0 saturated heterocycles. The zero-order valence-electron chi connectivity index (χ0n) is 14.8. The molecule has 0 heterocycles. The van der Waals surface area contributed by atoms with Crippen LogP contribution >= 0.6 is 24.0 Å². The van der Waals surface area contributed by atoms with Crippen LogP contribution < -0.4 is 16.0 Å². The van der Waals surface area contributed by atoms with E-state index in [1.54, 1.807) is 0 Å². The van der Waals surface area contributed by atoms with Gasteiger partial charge in [0, 0.05) is 18.3 Å². The molecule has 0 spiro atoms. The molecule has 140 valence electrons. The van der Waals surface area contributed by atoms with E-state index in [4.69, 9.17) is 0 Å². The highest BCUT2D eigenvalue weighted by molar-refractivity contribution is 14.0. The number of anilines is 1. The lowest BCUT2D eigenvalue weighted by molar-refractivity contribution is -0.114. The molecular weight excluding hydrogens is 434 g/mol. The van der Waals surface area contributed by atoms with Crippen molar-refractivity contribution in [3.63, 3.8) is 0 Å². The van der Waals surface area contributed by atoms with Crippen molar-refractivity contribution in [1.82, 2.24) is 10.6 Å². The number of carbonyl (C=O) groups is 1. The first-order valence-electron chi connectivity index (χ1n) is 8.67. The van der Waals surface area contributed by atoms with Gasteiger partial charge >= 0.3 is 0 Å². The van der Waals surface area contributed by atoms with Gasteiger partial charge in [-0.15, -0.1) is 24.0 Å². The van der Waals surface area contributed by atoms with Crippen LogP contribution in [0.3, 0.4) is 0 Å². The van der Waals surface area contributed by atoms with Crippen LogP contribution in [0.1, 0.15) is 39.5 Å². The molecule has 2 rings (SSSR count). The van der Waals surface area contributed by atoms with E-state index in [9.17, 15) is 9.18 Å². The van der Waals surface area contributed by atoms with E-state index in [2.05, 4.69) is 27.9 Å². The Labute approximate surface area is 166 Å². The number of benzene rings is 1. The molecule has 0 radical (unpaired) electrons. The lowest BCUT2D eigenvalue weighted by Crippen LogP contribution is -2.45. The highest BCUT2D eigenvalue weighted by atomic mass is 127. The van der Waals surface area contributed by atoms with E-state index in [1.807, 2.05) is 6.92 Å². The lowest BCUT2D eigenvalue weighted by Gasteiger charge is -2.28. The molecule has 0 aromatic heterocycles. The monoisotopic (exact) mass is 462 g/mol. The van der Waals surface area contributed by atoms with Crippen molar-refractivity contribution in [2.75, 3.05) is 18.4 Å². The number of guanidine groups is 1. The maximum absolute atomic E-state index is 12.9. The number of nitrogens with zero attached hydrogens (tertiary/aromatic N) is 1. The minimum absolute atomic E-state index is 0. The molecule has 1 aliphatic carbocycles. The Morgan fingerprint density at radius 3 is 2.44 bits per heavy atom. The molecular formula is C18H28FIN4O. The number of hydrogen-bond acceptors (Lipinski definition) is 2. The summed E-state index contributed by atoms with van der Waals surface area (Å²) in [7, 11) is 0. The van der Waals surface area contributed by atoms with Crippen LogP contribution in [0, 0.1) is 11.7 Å². The zero-order chi connectivity index (χ0) is 17.4. The van der Waals surface area contributed by atoms with Gasteiger partial charge < -0.3 is 16.0 Å². The van der Waals surface area contributed by atoms with Crippen molar-refractivity contribution in [2.24, 2.45) is 10.9 Å². The molecule has 1 aromatic rings. The van der Waals surface area contributed by atoms with E-state index in [-0.39, 0.29) is 42.2 Å². The maximum Gasteiger partial charge on any atom is 0.246 e. The van der Waals surface area contributed by atoms with E-state index >= 15 is 0 Å². The highest BCUT2D eigenvalue weighted by Gasteiger charge is 2.18. The topological polar surface area (TPSA) is 65.5 Å². The standard InChI is InChI=1S/C18H27FN4O.HI/c1-3-20-18(23-16-8-4-13(2)5-9-16)21-12-17(24)22-15-10-6-14(19)7-11-15;/h6-7,10-11,13,16H,3-5,8-9,12H2,1-2H3,(H,22,24)(H2,20,21,23);1H. The first-order valence-corrected chi connectivity index (χ1v) is 8.67. The average Bonchev–Trinajstić information content (AvgIpc) is 2.57. The second-order valence-corrected chi connectivity index (χ2v) is 6.35. The molecule has 3 N–H and O–H groups in total. The van der Waals surface area contributed by atoms with Crippen molar-refractivity contribution in [3.8, 4) is 0 Å². The number of nitrogens with one attached hydrogen (secondary N) is 3. The molecule has 1 aromatic carbocycles. The summed E-state index contributed by atoms with van der Waals surface area (Å²) in [6, 6.07) is 6.11. The van der Waals surface area contributed by atoms with E-state index in [0.717, 1.165) is 25.3 Å². The van der Waals surface area contributed by atoms with Crippen LogP contribution in [0.2, 0.25) is 0 Å². The first kappa shape index (κ1) is 21.7. The third-order valence-corrected chi connectivity index (χ3v) is 4.21. The summed E-state index contributed by atoms with van der Waals surface area (Å²) < 4.78 is 12.9. The SMILES string of the molecule is CCNC(=NCC(=O)Nc1ccc(F)cc1)NC1CCC(C)CC1.I. The molecule has 1 fully saturated rings. The van der Waals surface area contributed by atoms with Gasteiger partial charge in [-0.2, -0.15) is 0 Å². The van der Waals surface area contributed by atoms with E-state index in [0.29, 0.717) is 17.7 Å². The smallest absolute Gasteiger partial charge is 0.246 e. The number of aliphatic imine (C=N–C) groups is 1. The molecule has 0 bridgehead atoms. The summed E-state index contributed by atoms with van der Waals surface area (Å²) in [5, 5.41) is 9.30. The number of halogens is 2. The Morgan fingerprint density at radius 1 is 1.20 bits per heavy atom. The summed E-state index contributed by atoms with van der Waals surface area (Å²) in [5.74, 6) is 0.915. The molecule has 0 atom stereocenters. The fourth-order valence-electron chi connectivity index (χ4n) is 2.80. The Balaban J connectivity index is 0.00000312. The predicted molar refractivity (Wildman–Crippen MR) is 111 cm³/mol. The third-order valence-electron chi connectivity index (χ3n) is 4.21. The van der Waals surface area contributed by atoms with Gasteiger partial charge in [-0.3, -0.25) is 4.79 Å². The lowest BCUT2D eigenvalue weighted by atomic mass is 9.87. The molecule has 1 aliphatic rings. The number of amides is 1. The number of hydrogen-bond donors (Lipinski definition) is 3. The van der Waals surface area contributed by atoms with Crippen molar-refractivity contribution < 1.29 is 9.18 Å². The number of carbonyl (C=O) groups excluding carboxylic acids is 1. The van der Waals surface area contributed by atoms with Crippen LogP contribution in [-0.2, 0) is 4.79 Å². The first-order chi connectivity index (χ1) is 11.6. The quantitative estimate of drug-likeness (QED) is 0.357. The van der Waals surface area contributed by atoms with Gasteiger partial charge in [0.15, 0.2) is 5.96 Å². The minimum atomic E-state index is -0.327. The Kier molecular flexibility index (Phi) is 9.77. The van der Waals surface area contributed by atoms with Gasteiger partial charge in [-0.25, -0.2) is 9.38 Å². The largest absolute Gasteiger partial charge is 0.357 e. The van der Waals surface area contributed by atoms with Crippen molar-refractivity contribution in [2.45, 2.75) is 45.6 Å².